The van der Waals surface area contributed by atoms with Crippen LogP contribution in [0.3, 0.4) is 0 Å². The topological polar surface area (TPSA) is 125 Å². The zero-order valence-electron chi connectivity index (χ0n) is 20.2. The van der Waals surface area contributed by atoms with Gasteiger partial charge in [-0.25, -0.2) is 14.6 Å². The third-order valence-corrected chi connectivity index (χ3v) is 6.73. The summed E-state index contributed by atoms with van der Waals surface area (Å²) >= 11 is 0. The van der Waals surface area contributed by atoms with Crippen LogP contribution in [-0.4, -0.2) is 62.0 Å². The molecule has 2 atom stereocenters. The number of fused-ring (bicyclic) bond motifs is 1. The van der Waals surface area contributed by atoms with Crippen molar-refractivity contribution in [1.82, 2.24) is 35.1 Å². The molecule has 0 radical (unpaired) electrons. The van der Waals surface area contributed by atoms with Gasteiger partial charge in [-0.15, -0.1) is 0 Å². The van der Waals surface area contributed by atoms with Gasteiger partial charge in [0.05, 0.1) is 5.52 Å². The highest BCUT2D eigenvalue weighted by Crippen LogP contribution is 2.25. The van der Waals surface area contributed by atoms with Crippen LogP contribution < -0.4 is 16.3 Å². The van der Waals surface area contributed by atoms with Crippen molar-refractivity contribution in [2.75, 3.05) is 19.6 Å². The average Bonchev–Trinajstić information content (AvgIpc) is 3.13. The first-order chi connectivity index (χ1) is 17.1. The normalized spacial score (nSPS) is 21.0. The maximum absolute atomic E-state index is 12.9. The molecule has 35 heavy (non-hydrogen) atoms. The van der Waals surface area contributed by atoms with E-state index in [0.29, 0.717) is 44.5 Å². The van der Waals surface area contributed by atoms with Crippen LogP contribution in [0.1, 0.15) is 57.1 Å². The minimum atomic E-state index is -0.552. The molecule has 0 bridgehead atoms. The summed E-state index contributed by atoms with van der Waals surface area (Å²) in [6.45, 7) is 5.59. The summed E-state index contributed by atoms with van der Waals surface area (Å²) < 4.78 is 1.75. The second-order valence-electron chi connectivity index (χ2n) is 8.69. The number of likely N-dealkylation sites (tertiary alicyclic amines) is 1. The third-order valence-electron chi connectivity index (χ3n) is 6.73. The number of aromatic nitrogens is 4. The lowest BCUT2D eigenvalue weighted by atomic mass is 9.94. The van der Waals surface area contributed by atoms with Gasteiger partial charge in [-0.3, -0.25) is 19.3 Å². The molecule has 0 spiro atoms. The highest BCUT2D eigenvalue weighted by molar-refractivity contribution is 5.87. The van der Waals surface area contributed by atoms with Crippen LogP contribution in [0.5, 0.6) is 0 Å². The molecule has 2 unspecified atom stereocenters. The third kappa shape index (κ3) is 5.36. The Balaban J connectivity index is 0.00000141. The summed E-state index contributed by atoms with van der Waals surface area (Å²) in [4.78, 5) is 50.7. The number of pyridine rings is 2. The maximum atomic E-state index is 12.9. The molecule has 2 aliphatic heterocycles. The Labute approximate surface area is 204 Å². The van der Waals surface area contributed by atoms with Crippen molar-refractivity contribution in [3.05, 3.63) is 58.9 Å². The minimum absolute atomic E-state index is 0.00167. The van der Waals surface area contributed by atoms with E-state index in [-0.39, 0.29) is 29.6 Å². The molecule has 5 heterocycles. The maximum Gasteiger partial charge on any atom is 0.327 e. The molecule has 3 amide bonds. The highest BCUT2D eigenvalue weighted by Gasteiger charge is 2.31. The average molecular weight is 480 g/mol. The van der Waals surface area contributed by atoms with Gasteiger partial charge in [-0.05, 0) is 55.5 Å². The zero-order valence-corrected chi connectivity index (χ0v) is 20.2. The fourth-order valence-electron chi connectivity index (χ4n) is 4.89. The number of hydrogen-bond acceptors (Lipinski definition) is 5. The van der Waals surface area contributed by atoms with Crippen molar-refractivity contribution in [2.45, 2.75) is 57.5 Å². The number of carbonyl (C=O) groups excluding carboxylic acids is 2. The molecule has 186 valence electrons. The molecule has 10 nitrogen and oxygen atoms in total. The second-order valence-corrected chi connectivity index (χ2v) is 8.69. The van der Waals surface area contributed by atoms with Gasteiger partial charge in [0.2, 0.25) is 5.91 Å². The van der Waals surface area contributed by atoms with Gasteiger partial charge in [0.15, 0.2) is 5.65 Å². The summed E-state index contributed by atoms with van der Waals surface area (Å²) in [6.07, 6.45) is 7.87. The summed E-state index contributed by atoms with van der Waals surface area (Å²) in [5.41, 5.74) is 2.32. The van der Waals surface area contributed by atoms with E-state index in [9.17, 15) is 14.4 Å². The van der Waals surface area contributed by atoms with E-state index in [1.54, 1.807) is 28.1 Å². The van der Waals surface area contributed by atoms with E-state index in [1.807, 2.05) is 38.1 Å². The lowest BCUT2D eigenvalue weighted by Crippen LogP contribution is -2.52. The zero-order chi connectivity index (χ0) is 24.8. The molecule has 0 aromatic carbocycles. The molecule has 2 fully saturated rings. The molecule has 0 saturated carbocycles. The molecular formula is C25H33N7O3. The fourth-order valence-corrected chi connectivity index (χ4v) is 4.89. The number of piperidine rings is 1. The molecule has 2 saturated heterocycles. The highest BCUT2D eigenvalue weighted by atomic mass is 16.2. The quantitative estimate of drug-likeness (QED) is 0.532. The van der Waals surface area contributed by atoms with E-state index in [0.717, 1.165) is 17.5 Å². The number of nitrogens with zero attached hydrogens (tertiary/aromatic N) is 4. The van der Waals surface area contributed by atoms with Crippen molar-refractivity contribution in [3.8, 4) is 0 Å². The van der Waals surface area contributed by atoms with Gasteiger partial charge in [0.1, 0.15) is 6.04 Å². The Morgan fingerprint density at radius 3 is 2.51 bits per heavy atom. The Morgan fingerprint density at radius 1 is 1.03 bits per heavy atom. The lowest BCUT2D eigenvalue weighted by molar-refractivity contribution is -0.122. The van der Waals surface area contributed by atoms with Crippen LogP contribution in [0.4, 0.5) is 4.79 Å². The van der Waals surface area contributed by atoms with Crippen LogP contribution in [0.15, 0.2) is 47.7 Å². The lowest BCUT2D eigenvalue weighted by Gasteiger charge is -2.33. The number of rotatable bonds is 3. The van der Waals surface area contributed by atoms with Crippen LogP contribution in [-0.2, 0) is 4.79 Å². The standard InChI is InChI=1S/C23H27N7O3.C2H6/c31-21-18(4-3-16(14-26-21)15-5-10-24-11-6-15)27-22(32)29-12-7-17(8-13-29)30-19-2-1-9-25-20(19)28-23(30)33;1-2/h1-2,5-6,9-11,16-18H,3-4,7-8,12-14H2,(H,26,31)(H,27,32)(H,25,28,33);1-2H3. The summed E-state index contributed by atoms with van der Waals surface area (Å²) in [7, 11) is 0. The van der Waals surface area contributed by atoms with Gasteiger partial charge in [0.25, 0.3) is 0 Å². The monoisotopic (exact) mass is 479 g/mol. The van der Waals surface area contributed by atoms with Gasteiger partial charge in [0, 0.05) is 50.2 Å². The Bertz CT molecular complexity index is 1200. The molecule has 5 rings (SSSR count). The van der Waals surface area contributed by atoms with Crippen molar-refractivity contribution in [2.24, 2.45) is 0 Å². The van der Waals surface area contributed by atoms with E-state index in [4.69, 9.17) is 0 Å². The second kappa shape index (κ2) is 11.2. The Hall–Kier alpha value is -3.69. The van der Waals surface area contributed by atoms with E-state index in [2.05, 4.69) is 25.6 Å². The molecule has 3 N–H and O–H groups in total. The number of nitrogens with one attached hydrogen (secondary N) is 3. The van der Waals surface area contributed by atoms with Gasteiger partial charge >= 0.3 is 11.7 Å². The van der Waals surface area contributed by atoms with Crippen molar-refractivity contribution in [3.63, 3.8) is 0 Å². The molecule has 3 aromatic rings. The Morgan fingerprint density at radius 2 is 1.77 bits per heavy atom. The molecule has 0 aliphatic carbocycles. The Kier molecular flexibility index (Phi) is 7.79. The number of hydrogen-bond donors (Lipinski definition) is 3. The molecule has 3 aromatic heterocycles. The van der Waals surface area contributed by atoms with E-state index < -0.39 is 6.04 Å². The van der Waals surface area contributed by atoms with Crippen molar-refractivity contribution < 1.29 is 9.59 Å². The van der Waals surface area contributed by atoms with Gasteiger partial charge < -0.3 is 15.5 Å². The summed E-state index contributed by atoms with van der Waals surface area (Å²) in [5.74, 6) is 0.0613. The van der Waals surface area contributed by atoms with E-state index >= 15 is 0 Å². The van der Waals surface area contributed by atoms with Gasteiger partial charge in [-0.1, -0.05) is 13.8 Å². The fraction of sp³-hybridized carbons (Fsp3) is 0.480. The van der Waals surface area contributed by atoms with Gasteiger partial charge in [-0.2, -0.15) is 0 Å². The minimum Gasteiger partial charge on any atom is -0.354 e. The number of imidazole rings is 1. The molecule has 2 aliphatic rings. The molecular weight excluding hydrogens is 446 g/mol. The van der Waals surface area contributed by atoms with Crippen LogP contribution >= 0.6 is 0 Å². The number of carbonyl (C=O) groups is 2. The van der Waals surface area contributed by atoms with Crippen LogP contribution in [0, 0.1) is 0 Å². The predicted molar refractivity (Wildman–Crippen MR) is 133 cm³/mol. The summed E-state index contributed by atoms with van der Waals surface area (Å²) in [5, 5.41) is 5.88. The van der Waals surface area contributed by atoms with E-state index in [1.165, 1.54) is 0 Å². The largest absolute Gasteiger partial charge is 0.354 e. The number of H-pyrrole nitrogens is 1. The predicted octanol–water partition coefficient (Wildman–Crippen LogP) is 2.55. The van der Waals surface area contributed by atoms with Crippen molar-refractivity contribution >= 4 is 23.1 Å². The first kappa shape index (κ1) is 24.4. The van der Waals surface area contributed by atoms with Crippen LogP contribution in [0.2, 0.25) is 0 Å². The SMILES string of the molecule is CC.O=C1NCC(c2ccncc2)CCC1NC(=O)N1CCC(n2c(=O)[nH]c3ncccc32)CC1. The number of urea groups is 1. The first-order valence-electron chi connectivity index (χ1n) is 12.4. The molecule has 10 heteroatoms. The smallest absolute Gasteiger partial charge is 0.327 e. The summed E-state index contributed by atoms with van der Waals surface area (Å²) in [6, 6.07) is 6.84. The van der Waals surface area contributed by atoms with Crippen LogP contribution in [0.25, 0.3) is 11.2 Å². The first-order valence-corrected chi connectivity index (χ1v) is 12.4. The van der Waals surface area contributed by atoms with Crippen molar-refractivity contribution in [1.29, 1.82) is 0 Å². The number of aromatic amines is 1. The number of amides is 3.